The van der Waals surface area contributed by atoms with Crippen LogP contribution in [-0.4, -0.2) is 36.7 Å². The van der Waals surface area contributed by atoms with Crippen LogP contribution in [0, 0.1) is 11.7 Å². The smallest absolute Gasteiger partial charge is 0.267 e. The van der Waals surface area contributed by atoms with E-state index < -0.39 is 0 Å². The van der Waals surface area contributed by atoms with E-state index in [1.807, 2.05) is 22.1 Å². The van der Waals surface area contributed by atoms with Gasteiger partial charge in [0, 0.05) is 19.5 Å². The van der Waals surface area contributed by atoms with E-state index in [0.29, 0.717) is 18.8 Å². The summed E-state index contributed by atoms with van der Waals surface area (Å²) in [5.74, 6) is 0.587. The zero-order valence-corrected chi connectivity index (χ0v) is 17.7. The normalized spacial score (nSPS) is 19.5. The summed E-state index contributed by atoms with van der Waals surface area (Å²) in [4.78, 5) is 14.5. The molecule has 0 radical (unpaired) electrons. The molecule has 1 amide bonds. The van der Waals surface area contributed by atoms with Crippen molar-refractivity contribution >= 4 is 27.5 Å². The van der Waals surface area contributed by atoms with Gasteiger partial charge in [0.1, 0.15) is 11.5 Å². The molecule has 4 rings (SSSR count). The maximum absolute atomic E-state index is 13.2. The predicted molar refractivity (Wildman–Crippen MR) is 116 cm³/mol. The van der Waals surface area contributed by atoms with Crippen LogP contribution < -0.4 is 10.2 Å². The van der Waals surface area contributed by atoms with E-state index in [4.69, 9.17) is 0 Å². The Bertz CT molecular complexity index is 954. The first-order valence-corrected chi connectivity index (χ1v) is 11.4. The lowest BCUT2D eigenvalue weighted by Gasteiger charge is -2.27. The fourth-order valence-electron chi connectivity index (χ4n) is 4.16. The number of likely N-dealkylation sites (tertiary alicyclic amines) is 1. The zero-order valence-electron chi connectivity index (χ0n) is 16.9. The summed E-state index contributed by atoms with van der Waals surface area (Å²) in [5, 5.41) is 5.14. The largest absolute Gasteiger partial charge is 0.351 e. The number of carbonyl (C=O) groups excluding carboxylic acids is 1. The Morgan fingerprint density at radius 3 is 2.76 bits per heavy atom. The van der Waals surface area contributed by atoms with E-state index in [1.54, 1.807) is 28.4 Å². The van der Waals surface area contributed by atoms with Gasteiger partial charge in [-0.3, -0.25) is 4.79 Å². The fraction of sp³-hybridized carbons (Fsp3) is 0.435. The molecule has 0 spiro atoms. The van der Waals surface area contributed by atoms with Gasteiger partial charge >= 0.3 is 0 Å². The number of fused-ring (bicyclic) bond motifs is 1. The first kappa shape index (κ1) is 20.1. The highest BCUT2D eigenvalue weighted by atomic mass is 32.1. The Hall–Kier alpha value is -2.18. The van der Waals surface area contributed by atoms with E-state index in [-0.39, 0.29) is 11.7 Å². The number of benzene rings is 1. The van der Waals surface area contributed by atoms with E-state index in [9.17, 15) is 9.18 Å². The van der Waals surface area contributed by atoms with Crippen molar-refractivity contribution in [1.82, 2.24) is 9.88 Å². The summed E-state index contributed by atoms with van der Waals surface area (Å²) in [6.07, 6.45) is 3.63. The van der Waals surface area contributed by atoms with Crippen molar-refractivity contribution < 1.29 is 14.1 Å². The third-order valence-electron chi connectivity index (χ3n) is 5.98. The van der Waals surface area contributed by atoms with Crippen molar-refractivity contribution in [3.8, 4) is 0 Å². The predicted octanol–water partition coefficient (Wildman–Crippen LogP) is 3.32. The molecule has 154 valence electrons. The van der Waals surface area contributed by atoms with E-state index in [0.717, 1.165) is 34.7 Å². The van der Waals surface area contributed by atoms with Gasteiger partial charge in [0.2, 0.25) is 0 Å². The highest BCUT2D eigenvalue weighted by molar-refractivity contribution is 7.17. The van der Waals surface area contributed by atoms with E-state index >= 15 is 0 Å². The Morgan fingerprint density at radius 2 is 2.00 bits per heavy atom. The standard InChI is InChI=1S/C23H28FN3OS/c1-17-7-12-26(13-8-17)11-2-10-25-23(28)21-15-22-20(9-14-29-22)27(21)16-18-3-5-19(24)6-4-18/h3-6,9,14-15,17H,2,7-8,10-13,16H2,1H3,(H,25,28)/p+1. The van der Waals surface area contributed by atoms with Crippen LogP contribution in [0.15, 0.2) is 41.8 Å². The van der Waals surface area contributed by atoms with Crippen LogP contribution in [0.3, 0.4) is 0 Å². The number of quaternary nitrogens is 1. The number of thiophene rings is 1. The van der Waals surface area contributed by atoms with E-state index in [1.165, 1.54) is 38.1 Å². The van der Waals surface area contributed by atoms with Crippen LogP contribution in [0.1, 0.15) is 42.2 Å². The van der Waals surface area contributed by atoms with Gasteiger partial charge in [0.25, 0.3) is 5.91 Å². The first-order valence-electron chi connectivity index (χ1n) is 10.5. The van der Waals surface area contributed by atoms with Gasteiger partial charge in [-0.1, -0.05) is 19.1 Å². The van der Waals surface area contributed by atoms with Gasteiger partial charge in [-0.05, 0) is 54.0 Å². The molecular formula is C23H29FN3OS+. The van der Waals surface area contributed by atoms with Crippen LogP contribution in [0.2, 0.25) is 0 Å². The highest BCUT2D eigenvalue weighted by Gasteiger charge is 2.19. The molecule has 1 fully saturated rings. The van der Waals surface area contributed by atoms with Crippen molar-refractivity contribution in [3.63, 3.8) is 0 Å². The van der Waals surface area contributed by atoms with Crippen LogP contribution >= 0.6 is 11.3 Å². The molecule has 2 N–H and O–H groups in total. The number of amides is 1. The molecule has 0 saturated carbocycles. The molecular weight excluding hydrogens is 385 g/mol. The van der Waals surface area contributed by atoms with Gasteiger partial charge < -0.3 is 14.8 Å². The molecule has 1 aliphatic rings. The summed E-state index contributed by atoms with van der Waals surface area (Å²) in [6, 6.07) is 10.5. The molecule has 4 nitrogen and oxygen atoms in total. The fourth-order valence-corrected chi connectivity index (χ4v) is 4.98. The number of nitrogens with zero attached hydrogens (tertiary/aromatic N) is 1. The summed E-state index contributed by atoms with van der Waals surface area (Å²) in [5.41, 5.74) is 2.71. The lowest BCUT2D eigenvalue weighted by molar-refractivity contribution is -0.906. The van der Waals surface area contributed by atoms with Crippen molar-refractivity contribution in [2.45, 2.75) is 32.7 Å². The number of nitrogens with one attached hydrogen (secondary N) is 2. The summed E-state index contributed by atoms with van der Waals surface area (Å²) in [6.45, 7) is 7.23. The summed E-state index contributed by atoms with van der Waals surface area (Å²) in [7, 11) is 0. The van der Waals surface area contributed by atoms with Crippen molar-refractivity contribution in [3.05, 3.63) is 58.9 Å². The Morgan fingerprint density at radius 1 is 1.24 bits per heavy atom. The number of carbonyl (C=O) groups is 1. The van der Waals surface area contributed by atoms with Gasteiger partial charge in [-0.15, -0.1) is 11.3 Å². The van der Waals surface area contributed by atoms with Crippen molar-refractivity contribution in [2.24, 2.45) is 5.92 Å². The van der Waals surface area contributed by atoms with Gasteiger partial charge in [-0.25, -0.2) is 4.39 Å². The molecule has 1 aromatic carbocycles. The minimum atomic E-state index is -0.245. The quantitative estimate of drug-likeness (QED) is 0.572. The molecule has 0 aliphatic carbocycles. The topological polar surface area (TPSA) is 38.5 Å². The second-order valence-corrected chi connectivity index (χ2v) is 9.15. The molecule has 0 unspecified atom stereocenters. The SMILES string of the molecule is CC1CC[NH+](CCCNC(=O)c2cc3sccc3n2Cc2ccc(F)cc2)CC1. The Kier molecular flexibility index (Phi) is 6.31. The number of hydrogen-bond acceptors (Lipinski definition) is 2. The molecule has 2 aromatic heterocycles. The number of aromatic nitrogens is 1. The van der Waals surface area contributed by atoms with Gasteiger partial charge in [0.15, 0.2) is 0 Å². The third kappa shape index (κ3) is 4.87. The molecule has 1 saturated heterocycles. The Balaban J connectivity index is 1.38. The van der Waals surface area contributed by atoms with Crippen LogP contribution in [0.25, 0.3) is 10.2 Å². The number of piperidine rings is 1. The summed E-state index contributed by atoms with van der Waals surface area (Å²) >= 11 is 1.64. The maximum atomic E-state index is 13.2. The van der Waals surface area contributed by atoms with E-state index in [2.05, 4.69) is 12.2 Å². The van der Waals surface area contributed by atoms with Gasteiger partial charge in [-0.2, -0.15) is 0 Å². The average molecular weight is 415 g/mol. The monoisotopic (exact) mass is 414 g/mol. The van der Waals surface area contributed by atoms with Crippen LogP contribution in [0.5, 0.6) is 0 Å². The average Bonchev–Trinajstić information content (AvgIpc) is 3.31. The highest BCUT2D eigenvalue weighted by Crippen LogP contribution is 2.26. The second kappa shape index (κ2) is 9.09. The number of hydrogen-bond donors (Lipinski definition) is 2. The molecule has 0 bridgehead atoms. The minimum absolute atomic E-state index is 0.0298. The third-order valence-corrected chi connectivity index (χ3v) is 6.84. The van der Waals surface area contributed by atoms with Gasteiger partial charge in [0.05, 0.1) is 29.9 Å². The molecule has 6 heteroatoms. The first-order chi connectivity index (χ1) is 14.1. The maximum Gasteiger partial charge on any atom is 0.267 e. The molecule has 0 atom stereocenters. The van der Waals surface area contributed by atoms with Crippen molar-refractivity contribution in [1.29, 1.82) is 0 Å². The lowest BCUT2D eigenvalue weighted by Crippen LogP contribution is -3.13. The van der Waals surface area contributed by atoms with Crippen LogP contribution in [0.4, 0.5) is 4.39 Å². The molecule has 3 aromatic rings. The molecule has 1 aliphatic heterocycles. The Labute approximate surface area is 175 Å². The molecule has 3 heterocycles. The number of rotatable bonds is 7. The zero-order chi connectivity index (χ0) is 20.2. The minimum Gasteiger partial charge on any atom is -0.351 e. The summed E-state index contributed by atoms with van der Waals surface area (Å²) < 4.78 is 16.4. The number of halogens is 1. The second-order valence-electron chi connectivity index (χ2n) is 8.20. The van der Waals surface area contributed by atoms with Crippen molar-refractivity contribution in [2.75, 3.05) is 26.2 Å². The van der Waals surface area contributed by atoms with Crippen LogP contribution in [-0.2, 0) is 6.54 Å². The molecule has 29 heavy (non-hydrogen) atoms. The lowest BCUT2D eigenvalue weighted by atomic mass is 9.99.